The van der Waals surface area contributed by atoms with E-state index < -0.39 is 0 Å². The zero-order chi connectivity index (χ0) is 21.2. The van der Waals surface area contributed by atoms with Crippen LogP contribution in [-0.4, -0.2) is 44.2 Å². The molecule has 1 aromatic carbocycles. The number of anilines is 2. The molecule has 166 valence electrons. The van der Waals surface area contributed by atoms with Gasteiger partial charge in [-0.25, -0.2) is 0 Å². The number of amides is 2. The molecule has 2 fully saturated rings. The van der Waals surface area contributed by atoms with E-state index in [1.165, 1.54) is 19.3 Å². The minimum Gasteiger partial charge on any atom is -0.376 e. The van der Waals surface area contributed by atoms with Crippen LogP contribution >= 0.6 is 0 Å². The topological polar surface area (TPSA) is 70.7 Å². The van der Waals surface area contributed by atoms with Crippen molar-refractivity contribution in [3.8, 4) is 0 Å². The lowest BCUT2D eigenvalue weighted by molar-refractivity contribution is -0.116. The van der Waals surface area contributed by atoms with Gasteiger partial charge in [-0.15, -0.1) is 0 Å². The summed E-state index contributed by atoms with van der Waals surface area (Å²) in [6, 6.07) is 5.72. The van der Waals surface area contributed by atoms with Crippen LogP contribution < -0.4 is 15.5 Å². The summed E-state index contributed by atoms with van der Waals surface area (Å²) < 4.78 is 5.63. The fourth-order valence-electron chi connectivity index (χ4n) is 4.25. The Bertz CT molecular complexity index is 695. The van der Waals surface area contributed by atoms with Gasteiger partial charge in [0.2, 0.25) is 5.91 Å². The number of carbonyl (C=O) groups is 2. The molecule has 1 aromatic rings. The first kappa shape index (κ1) is 22.6. The van der Waals surface area contributed by atoms with Gasteiger partial charge in [-0.05, 0) is 50.3 Å². The molecule has 0 saturated carbocycles. The maximum absolute atomic E-state index is 13.0. The Labute approximate surface area is 180 Å². The molecule has 3 rings (SSSR count). The highest BCUT2D eigenvalue weighted by Crippen LogP contribution is 2.28. The van der Waals surface area contributed by atoms with Crippen molar-refractivity contribution < 1.29 is 14.3 Å². The van der Waals surface area contributed by atoms with Crippen molar-refractivity contribution in [1.82, 2.24) is 5.32 Å². The number of hydrogen-bond donors (Lipinski definition) is 2. The molecule has 0 radical (unpaired) electrons. The van der Waals surface area contributed by atoms with E-state index in [4.69, 9.17) is 4.74 Å². The summed E-state index contributed by atoms with van der Waals surface area (Å²) in [5.74, 6) is -0.0748. The van der Waals surface area contributed by atoms with Crippen molar-refractivity contribution >= 4 is 23.2 Å². The van der Waals surface area contributed by atoms with Crippen molar-refractivity contribution in [3.05, 3.63) is 23.8 Å². The summed E-state index contributed by atoms with van der Waals surface area (Å²) in [7, 11) is 0. The van der Waals surface area contributed by atoms with Crippen LogP contribution in [0, 0.1) is 0 Å². The van der Waals surface area contributed by atoms with E-state index in [1.807, 2.05) is 18.2 Å². The Morgan fingerprint density at radius 3 is 2.63 bits per heavy atom. The van der Waals surface area contributed by atoms with Gasteiger partial charge >= 0.3 is 0 Å². The lowest BCUT2D eigenvalue weighted by Crippen LogP contribution is -2.33. The van der Waals surface area contributed by atoms with Crippen LogP contribution in [0.3, 0.4) is 0 Å². The quantitative estimate of drug-likeness (QED) is 0.522. The number of hydrogen-bond acceptors (Lipinski definition) is 4. The predicted octanol–water partition coefficient (Wildman–Crippen LogP) is 4.49. The normalized spacial score (nSPS) is 18.6. The third-order valence-corrected chi connectivity index (χ3v) is 5.99. The van der Waals surface area contributed by atoms with Crippen LogP contribution in [0.5, 0.6) is 0 Å². The lowest BCUT2D eigenvalue weighted by atomic mass is 10.1. The van der Waals surface area contributed by atoms with Crippen LogP contribution in [-0.2, 0) is 9.53 Å². The first-order valence-electron chi connectivity index (χ1n) is 11.8. The number of carbonyl (C=O) groups excluding carboxylic acids is 2. The van der Waals surface area contributed by atoms with Gasteiger partial charge in [-0.1, -0.05) is 32.6 Å². The molecule has 6 nitrogen and oxygen atoms in total. The van der Waals surface area contributed by atoms with Crippen molar-refractivity contribution in [1.29, 1.82) is 0 Å². The molecule has 1 unspecified atom stereocenters. The highest BCUT2D eigenvalue weighted by atomic mass is 16.5. The fraction of sp³-hybridized carbons (Fsp3) is 0.667. The van der Waals surface area contributed by atoms with E-state index in [1.54, 1.807) is 0 Å². The molecule has 2 saturated heterocycles. The van der Waals surface area contributed by atoms with Gasteiger partial charge in [0, 0.05) is 44.0 Å². The van der Waals surface area contributed by atoms with Gasteiger partial charge in [-0.3, -0.25) is 9.59 Å². The number of unbranched alkanes of at least 4 members (excludes halogenated alkanes) is 4. The Kier molecular flexibility index (Phi) is 9.00. The summed E-state index contributed by atoms with van der Waals surface area (Å²) in [4.78, 5) is 27.6. The number of ether oxygens (including phenoxy) is 1. The average Bonchev–Trinajstić information content (AvgIpc) is 3.46. The van der Waals surface area contributed by atoms with E-state index in [-0.39, 0.29) is 17.9 Å². The monoisotopic (exact) mass is 415 g/mol. The fourth-order valence-corrected chi connectivity index (χ4v) is 4.25. The second-order valence-corrected chi connectivity index (χ2v) is 8.48. The van der Waals surface area contributed by atoms with E-state index in [9.17, 15) is 9.59 Å². The molecule has 1 atom stereocenters. The molecule has 2 N–H and O–H groups in total. The van der Waals surface area contributed by atoms with Crippen LogP contribution in [0.4, 0.5) is 11.4 Å². The molecule has 0 bridgehead atoms. The summed E-state index contributed by atoms with van der Waals surface area (Å²) in [5, 5.41) is 6.02. The lowest BCUT2D eigenvalue weighted by Gasteiger charge is -2.22. The zero-order valence-electron chi connectivity index (χ0n) is 18.4. The van der Waals surface area contributed by atoms with Crippen molar-refractivity contribution in [2.75, 3.05) is 36.5 Å². The number of rotatable bonds is 11. The second kappa shape index (κ2) is 11.9. The molecule has 6 heteroatoms. The summed E-state index contributed by atoms with van der Waals surface area (Å²) >= 11 is 0. The van der Waals surface area contributed by atoms with Crippen LogP contribution in [0.1, 0.15) is 81.5 Å². The van der Waals surface area contributed by atoms with Gasteiger partial charge in [0.25, 0.3) is 5.91 Å². The van der Waals surface area contributed by atoms with Gasteiger partial charge in [0.1, 0.15) is 0 Å². The van der Waals surface area contributed by atoms with Gasteiger partial charge < -0.3 is 20.3 Å². The summed E-state index contributed by atoms with van der Waals surface area (Å²) in [6.45, 7) is 5.43. The van der Waals surface area contributed by atoms with Crippen LogP contribution in [0.15, 0.2) is 18.2 Å². The van der Waals surface area contributed by atoms with Gasteiger partial charge in [-0.2, -0.15) is 0 Å². The van der Waals surface area contributed by atoms with Crippen molar-refractivity contribution in [2.24, 2.45) is 0 Å². The molecule has 2 heterocycles. The Morgan fingerprint density at radius 2 is 1.90 bits per heavy atom. The number of nitrogens with one attached hydrogen (secondary N) is 2. The third kappa shape index (κ3) is 6.73. The Balaban J connectivity index is 1.62. The van der Waals surface area contributed by atoms with E-state index in [2.05, 4.69) is 22.5 Å². The predicted molar refractivity (Wildman–Crippen MR) is 121 cm³/mol. The highest BCUT2D eigenvalue weighted by molar-refractivity contribution is 6.02. The zero-order valence-corrected chi connectivity index (χ0v) is 18.4. The van der Waals surface area contributed by atoms with Crippen molar-refractivity contribution in [3.63, 3.8) is 0 Å². The first-order chi connectivity index (χ1) is 14.7. The number of benzene rings is 1. The Hall–Kier alpha value is -2.08. The standard InChI is InChI=1S/C24H37N3O3/c1-2-3-4-5-6-11-23(28)26-19-12-13-22(27-14-7-8-15-27)21(17-19)24(29)25-18-20-10-9-16-30-20/h12-13,17,20H,2-11,14-16,18H2,1H3,(H,25,29)(H,26,28). The molecule has 0 spiro atoms. The maximum atomic E-state index is 13.0. The largest absolute Gasteiger partial charge is 0.376 e. The maximum Gasteiger partial charge on any atom is 0.253 e. The molecule has 0 aromatic heterocycles. The smallest absolute Gasteiger partial charge is 0.253 e. The molecule has 30 heavy (non-hydrogen) atoms. The summed E-state index contributed by atoms with van der Waals surface area (Å²) in [5.41, 5.74) is 2.28. The first-order valence-corrected chi connectivity index (χ1v) is 11.8. The van der Waals surface area contributed by atoms with Crippen LogP contribution in [0.2, 0.25) is 0 Å². The summed E-state index contributed by atoms with van der Waals surface area (Å²) in [6.07, 6.45) is 10.6. The SMILES string of the molecule is CCCCCCCC(=O)Nc1ccc(N2CCCC2)c(C(=O)NCC2CCCO2)c1. The number of nitrogens with zero attached hydrogens (tertiary/aromatic N) is 1. The molecule has 2 aliphatic heterocycles. The van der Waals surface area contributed by atoms with Gasteiger partial charge in [0.15, 0.2) is 0 Å². The molecule has 0 aliphatic carbocycles. The third-order valence-electron chi connectivity index (χ3n) is 5.99. The van der Waals surface area contributed by atoms with E-state index >= 15 is 0 Å². The minimum absolute atomic E-state index is 0.0196. The van der Waals surface area contributed by atoms with E-state index in [0.29, 0.717) is 24.2 Å². The molecular weight excluding hydrogens is 378 g/mol. The van der Waals surface area contributed by atoms with E-state index in [0.717, 1.165) is 63.9 Å². The molecule has 2 aliphatic rings. The van der Waals surface area contributed by atoms with Gasteiger partial charge in [0.05, 0.1) is 11.7 Å². The average molecular weight is 416 g/mol. The molecule has 2 amide bonds. The minimum atomic E-state index is -0.0944. The van der Waals surface area contributed by atoms with Crippen LogP contribution in [0.25, 0.3) is 0 Å². The highest BCUT2D eigenvalue weighted by Gasteiger charge is 2.22. The van der Waals surface area contributed by atoms with Crippen molar-refractivity contribution in [2.45, 2.75) is 77.2 Å². The molecular formula is C24H37N3O3. The Morgan fingerprint density at radius 1 is 1.10 bits per heavy atom. The second-order valence-electron chi connectivity index (χ2n) is 8.48.